The molecule has 0 bridgehead atoms. The van der Waals surface area contributed by atoms with Gasteiger partial charge in [0.05, 0.1) is 0 Å². The van der Waals surface area contributed by atoms with E-state index in [9.17, 15) is 0 Å². The number of hydrogen-bond acceptors (Lipinski definition) is 0. The van der Waals surface area contributed by atoms with E-state index >= 15 is 0 Å². The van der Waals surface area contributed by atoms with E-state index in [2.05, 4.69) is 169 Å². The molecule has 0 spiro atoms. The fourth-order valence-electron chi connectivity index (χ4n) is 4.92. The SMILES string of the molecule is Cl.Cl.[C-]1=CC=CC1.[CH2]=[Zr].[c-]1cccc2c1Cc1ccccc1-2.c1ccc([CH-]c2ccccc2)cc1.c1ccc([CH-]c2ccccc2)cc1. The van der Waals surface area contributed by atoms with E-state index in [1.807, 2.05) is 42.5 Å². The first-order valence-electron chi connectivity index (χ1n) is 15.4. The van der Waals surface area contributed by atoms with Gasteiger partial charge >= 0.3 is 28.4 Å². The van der Waals surface area contributed by atoms with E-state index in [0.717, 1.165) is 12.8 Å². The van der Waals surface area contributed by atoms with Crippen molar-refractivity contribution in [3.63, 3.8) is 0 Å². The summed E-state index contributed by atoms with van der Waals surface area (Å²) >= 11 is 1.30. The maximum Gasteiger partial charge on any atom is -0.0253 e. The third kappa shape index (κ3) is 13.9. The van der Waals surface area contributed by atoms with Crippen molar-refractivity contribution in [1.82, 2.24) is 0 Å². The van der Waals surface area contributed by atoms with Crippen molar-refractivity contribution < 1.29 is 24.2 Å². The second kappa shape index (κ2) is 24.1. The van der Waals surface area contributed by atoms with Gasteiger partial charge < -0.3 is 0 Å². The molecule has 2 aliphatic carbocycles. The Morgan fingerprint density at radius 1 is 0.500 bits per heavy atom. The first-order valence-corrected chi connectivity index (χ1v) is 17.1. The van der Waals surface area contributed by atoms with Gasteiger partial charge in [-0.1, -0.05) is 108 Å². The zero-order valence-electron chi connectivity index (χ0n) is 26.9. The van der Waals surface area contributed by atoms with Crippen molar-refractivity contribution >= 4 is 29.0 Å². The molecule has 0 saturated carbocycles. The molecule has 48 heavy (non-hydrogen) atoms. The number of rotatable bonds is 4. The summed E-state index contributed by atoms with van der Waals surface area (Å²) in [6.45, 7) is 0. The average molecular weight is 743 g/mol. The summed E-state index contributed by atoms with van der Waals surface area (Å²) in [6.07, 6.45) is 15.4. The summed E-state index contributed by atoms with van der Waals surface area (Å²) in [6, 6.07) is 59.5. The Kier molecular flexibility index (Phi) is 20.1. The van der Waals surface area contributed by atoms with Crippen LogP contribution >= 0.6 is 24.8 Å². The Labute approximate surface area is 315 Å². The van der Waals surface area contributed by atoms with E-state index in [1.165, 1.54) is 68.7 Å². The van der Waals surface area contributed by atoms with Crippen LogP contribution < -0.4 is 0 Å². The first-order chi connectivity index (χ1) is 22.8. The van der Waals surface area contributed by atoms with Gasteiger partial charge in [0.15, 0.2) is 0 Å². The fourth-order valence-corrected chi connectivity index (χ4v) is 4.92. The van der Waals surface area contributed by atoms with Crippen LogP contribution in [0.2, 0.25) is 0 Å². The largest absolute Gasteiger partial charge is 0.179 e. The van der Waals surface area contributed by atoms with E-state index in [4.69, 9.17) is 0 Å². The van der Waals surface area contributed by atoms with E-state index in [1.54, 1.807) is 0 Å². The molecule has 6 aromatic rings. The molecule has 0 aromatic heterocycles. The maximum absolute atomic E-state index is 3.34. The number of halogens is 2. The van der Waals surface area contributed by atoms with E-state index < -0.39 is 0 Å². The molecule has 0 unspecified atom stereocenters. The van der Waals surface area contributed by atoms with Crippen LogP contribution in [0.3, 0.4) is 0 Å². The zero-order valence-corrected chi connectivity index (χ0v) is 31.0. The van der Waals surface area contributed by atoms with Gasteiger partial charge in [-0.15, -0.1) is 120 Å². The van der Waals surface area contributed by atoms with Gasteiger partial charge in [0.1, 0.15) is 0 Å². The second-order valence-corrected chi connectivity index (χ2v) is 10.3. The molecule has 0 N–H and O–H groups in total. The topological polar surface area (TPSA) is 0 Å². The van der Waals surface area contributed by atoms with Crippen LogP contribution in [0.5, 0.6) is 0 Å². The Bertz CT molecular complexity index is 1540. The number of fused-ring (bicyclic) bond motifs is 3. The predicted molar refractivity (Wildman–Crippen MR) is 207 cm³/mol. The monoisotopic (exact) mass is 740 g/mol. The molecule has 3 heteroatoms. The summed E-state index contributed by atoms with van der Waals surface area (Å²) in [5, 5.41) is 0. The van der Waals surface area contributed by atoms with Crippen molar-refractivity contribution in [2.75, 3.05) is 0 Å². The molecule has 0 amide bonds. The number of hydrogen-bond donors (Lipinski definition) is 0. The van der Waals surface area contributed by atoms with Gasteiger partial charge in [0.2, 0.25) is 0 Å². The summed E-state index contributed by atoms with van der Waals surface area (Å²) in [7, 11) is 0. The molecule has 0 nitrogen and oxygen atoms in total. The Balaban J connectivity index is 0.000000223. The molecule has 2 aliphatic rings. The molecule has 0 atom stereocenters. The predicted octanol–water partition coefficient (Wildman–Crippen LogP) is 11.7. The van der Waals surface area contributed by atoms with Crippen LogP contribution in [0, 0.1) is 25.0 Å². The minimum absolute atomic E-state index is 0. The van der Waals surface area contributed by atoms with Gasteiger partial charge in [-0.25, -0.2) is 12.2 Å². The normalized spacial score (nSPS) is 10.4. The van der Waals surface area contributed by atoms with Crippen LogP contribution in [0.25, 0.3) is 11.1 Å². The van der Waals surface area contributed by atoms with Crippen LogP contribution in [0.4, 0.5) is 0 Å². The number of benzene rings is 6. The molecule has 6 aromatic carbocycles. The molecule has 0 radical (unpaired) electrons. The second-order valence-electron chi connectivity index (χ2n) is 10.3. The van der Waals surface area contributed by atoms with Crippen molar-refractivity contribution in [2.45, 2.75) is 12.8 Å². The average Bonchev–Trinajstić information content (AvgIpc) is 3.84. The quantitative estimate of drug-likeness (QED) is 0.158. The van der Waals surface area contributed by atoms with Crippen LogP contribution in [-0.4, -0.2) is 4.21 Å². The molecular formula is C45H40Cl2Zr-4. The Morgan fingerprint density at radius 2 is 0.917 bits per heavy atom. The van der Waals surface area contributed by atoms with Gasteiger partial charge in [0.25, 0.3) is 0 Å². The Hall–Kier alpha value is -4.13. The summed E-state index contributed by atoms with van der Waals surface area (Å²) < 4.78 is 3.34. The van der Waals surface area contributed by atoms with Gasteiger partial charge in [-0.05, 0) is 6.42 Å². The van der Waals surface area contributed by atoms with Crippen molar-refractivity contribution in [1.29, 1.82) is 0 Å². The maximum atomic E-state index is 3.34. The summed E-state index contributed by atoms with van der Waals surface area (Å²) in [5.41, 5.74) is 10.5. The fraction of sp³-hybridized carbons (Fsp3) is 0.0444. The van der Waals surface area contributed by atoms with Crippen molar-refractivity contribution in [2.24, 2.45) is 0 Å². The van der Waals surface area contributed by atoms with Crippen LogP contribution in [-0.2, 0) is 30.7 Å². The molecule has 0 fully saturated rings. The third-order valence-electron chi connectivity index (χ3n) is 7.07. The van der Waals surface area contributed by atoms with E-state index in [-0.39, 0.29) is 24.8 Å². The third-order valence-corrected chi connectivity index (χ3v) is 7.07. The minimum Gasteiger partial charge on any atom is -0.179 e. The van der Waals surface area contributed by atoms with Crippen molar-refractivity contribution in [3.05, 3.63) is 240 Å². The molecular weight excluding hydrogens is 703 g/mol. The van der Waals surface area contributed by atoms with Crippen molar-refractivity contribution in [3.8, 4) is 11.1 Å². The molecule has 8 rings (SSSR count). The molecule has 0 aliphatic heterocycles. The Morgan fingerprint density at radius 3 is 1.31 bits per heavy atom. The molecule has 0 saturated heterocycles. The smallest absolute Gasteiger partial charge is 0.0253 e. The zero-order chi connectivity index (χ0) is 32.1. The summed E-state index contributed by atoms with van der Waals surface area (Å²) in [5.74, 6) is 0. The number of allylic oxidation sites excluding steroid dienone is 4. The minimum atomic E-state index is 0. The van der Waals surface area contributed by atoms with Gasteiger partial charge in [-0.2, -0.15) is 35.9 Å². The van der Waals surface area contributed by atoms with Gasteiger partial charge in [0, 0.05) is 0 Å². The van der Waals surface area contributed by atoms with Crippen LogP contribution in [0.15, 0.2) is 182 Å². The standard InChI is InChI=1S/C13H9.2C13H11.C5H5.CH2.2ClH.Zr/c1-3-7-12-10(5-1)9-11-6-2-4-8-13(11)12;2*1-3-7-12(8-4-1)11-13-9-5-2-6-10-13;1-2-4-5-3-1;;;;/h1-5,7-8H,9H2;2*1-11H;1-3H,4H2;1H2;2*1H;/q4*-1;;;;. The van der Waals surface area contributed by atoms with Crippen LogP contribution in [0.1, 0.15) is 39.8 Å². The van der Waals surface area contributed by atoms with Gasteiger partial charge in [-0.3, -0.25) is 6.08 Å². The first kappa shape index (κ1) is 40.0. The molecule has 242 valence electrons. The van der Waals surface area contributed by atoms with E-state index in [0.29, 0.717) is 0 Å². The molecule has 0 heterocycles. The summed E-state index contributed by atoms with van der Waals surface area (Å²) in [4.78, 5) is 0.